The number of hydrogen-bond acceptors (Lipinski definition) is 4. The lowest BCUT2D eigenvalue weighted by Crippen LogP contribution is -2.50. The van der Waals surface area contributed by atoms with E-state index in [1.54, 1.807) is 0 Å². The van der Waals surface area contributed by atoms with Crippen LogP contribution in [0.1, 0.15) is 6.42 Å². The van der Waals surface area contributed by atoms with E-state index in [1.807, 2.05) is 0 Å². The van der Waals surface area contributed by atoms with Crippen LogP contribution in [0.25, 0.3) is 0 Å². The second-order valence-electron chi connectivity index (χ2n) is 3.17. The van der Waals surface area contributed by atoms with Gasteiger partial charge < -0.3 is 15.3 Å². The summed E-state index contributed by atoms with van der Waals surface area (Å²) in [6.45, 7) is -0.506. The molecule has 0 aromatic carbocycles. The zero-order chi connectivity index (χ0) is 10.1. The first kappa shape index (κ1) is 9.94. The van der Waals surface area contributed by atoms with Crippen LogP contribution < -0.4 is 5.32 Å². The summed E-state index contributed by atoms with van der Waals surface area (Å²) in [6, 6.07) is 0. The van der Waals surface area contributed by atoms with Gasteiger partial charge in [0.25, 0.3) is 0 Å². The third kappa shape index (κ3) is 1.63. The van der Waals surface area contributed by atoms with Crippen LogP contribution in [-0.2, 0) is 9.59 Å². The molecule has 1 aliphatic heterocycles. The van der Waals surface area contributed by atoms with E-state index in [0.717, 1.165) is 0 Å². The molecule has 6 heteroatoms. The molecule has 1 rings (SSSR count). The van der Waals surface area contributed by atoms with E-state index in [9.17, 15) is 9.59 Å². The van der Waals surface area contributed by atoms with Crippen molar-refractivity contribution in [2.24, 2.45) is 5.92 Å². The Morgan fingerprint density at radius 3 is 2.31 bits per heavy atom. The monoisotopic (exact) mass is 189 g/mol. The fourth-order valence-corrected chi connectivity index (χ4v) is 1.41. The molecule has 1 fully saturated rings. The molecule has 1 aliphatic rings. The minimum atomic E-state index is -1.47. The Labute approximate surface area is 74.2 Å². The van der Waals surface area contributed by atoms with Crippen LogP contribution >= 0.6 is 0 Å². The van der Waals surface area contributed by atoms with Crippen molar-refractivity contribution in [3.05, 3.63) is 0 Å². The number of rotatable bonds is 3. The summed E-state index contributed by atoms with van der Waals surface area (Å²) >= 11 is 0. The molecule has 0 radical (unpaired) electrons. The van der Waals surface area contributed by atoms with Gasteiger partial charge in [-0.25, -0.2) is 0 Å². The van der Waals surface area contributed by atoms with Gasteiger partial charge in [0.05, 0.1) is 12.5 Å². The quantitative estimate of drug-likeness (QED) is 0.430. The topological polar surface area (TPSA) is 107 Å². The predicted molar refractivity (Wildman–Crippen MR) is 41.2 cm³/mol. The normalized spacial score (nSPS) is 33.2. The first-order valence-corrected chi connectivity index (χ1v) is 3.84. The third-order valence-corrected chi connectivity index (χ3v) is 2.31. The van der Waals surface area contributed by atoms with E-state index in [4.69, 9.17) is 15.3 Å². The number of hydrogen-bond donors (Lipinski definition) is 4. The highest BCUT2D eigenvalue weighted by Gasteiger charge is 2.47. The van der Waals surface area contributed by atoms with Crippen molar-refractivity contribution in [3.63, 3.8) is 0 Å². The highest BCUT2D eigenvalue weighted by atomic mass is 16.4. The molecule has 13 heavy (non-hydrogen) atoms. The highest BCUT2D eigenvalue weighted by molar-refractivity contribution is 5.82. The van der Waals surface area contributed by atoms with Gasteiger partial charge in [0, 0.05) is 6.54 Å². The minimum absolute atomic E-state index is 0.0752. The molecular formula is C7H11NO5. The molecule has 2 unspecified atom stereocenters. The number of carboxylic acids is 2. The molecular weight excluding hydrogens is 178 g/mol. The van der Waals surface area contributed by atoms with Gasteiger partial charge in [-0.3, -0.25) is 14.9 Å². The maximum atomic E-state index is 10.7. The molecule has 0 saturated carbocycles. The van der Waals surface area contributed by atoms with Crippen LogP contribution in [0.5, 0.6) is 0 Å². The van der Waals surface area contributed by atoms with Crippen molar-refractivity contribution in [2.75, 3.05) is 13.2 Å². The van der Waals surface area contributed by atoms with Gasteiger partial charge in [-0.05, 0) is 6.42 Å². The van der Waals surface area contributed by atoms with E-state index in [0.29, 0.717) is 0 Å². The van der Waals surface area contributed by atoms with E-state index in [-0.39, 0.29) is 13.0 Å². The maximum absolute atomic E-state index is 10.7. The van der Waals surface area contributed by atoms with Gasteiger partial charge in [-0.1, -0.05) is 0 Å². The summed E-state index contributed by atoms with van der Waals surface area (Å²) in [5, 5.41) is 28.7. The van der Waals surface area contributed by atoms with Gasteiger partial charge in [-0.2, -0.15) is 0 Å². The molecule has 0 spiro atoms. The zero-order valence-electron chi connectivity index (χ0n) is 6.86. The molecule has 0 aliphatic carbocycles. The molecule has 4 N–H and O–H groups in total. The van der Waals surface area contributed by atoms with Crippen LogP contribution in [0.4, 0.5) is 0 Å². The minimum Gasteiger partial charge on any atom is -0.481 e. The van der Waals surface area contributed by atoms with E-state index in [1.165, 1.54) is 0 Å². The molecule has 2 atom stereocenters. The number of aliphatic hydroxyl groups is 1. The van der Waals surface area contributed by atoms with Crippen molar-refractivity contribution in [3.8, 4) is 0 Å². The Balaban J connectivity index is 2.74. The van der Waals surface area contributed by atoms with Crippen LogP contribution in [0.3, 0.4) is 0 Å². The zero-order valence-corrected chi connectivity index (χ0v) is 6.86. The standard InChI is InChI=1S/C7H11NO5/c9-3-7(6(12)13)1-4(2-8-7)5(10)11/h4,8-9H,1-3H2,(H,10,11)(H,12,13). The molecule has 0 aromatic heterocycles. The number of carboxylic acid groups (broad SMARTS) is 2. The summed E-state index contributed by atoms with van der Waals surface area (Å²) in [4.78, 5) is 21.2. The summed E-state index contributed by atoms with van der Waals surface area (Å²) < 4.78 is 0. The summed E-state index contributed by atoms with van der Waals surface area (Å²) in [5.74, 6) is -2.98. The first-order chi connectivity index (χ1) is 6.02. The van der Waals surface area contributed by atoms with Crippen molar-refractivity contribution in [1.82, 2.24) is 5.32 Å². The predicted octanol–water partition coefficient (Wildman–Crippen LogP) is -1.50. The largest absolute Gasteiger partial charge is 0.481 e. The van der Waals surface area contributed by atoms with Crippen molar-refractivity contribution >= 4 is 11.9 Å². The maximum Gasteiger partial charge on any atom is 0.326 e. The van der Waals surface area contributed by atoms with Gasteiger partial charge in [0.1, 0.15) is 5.54 Å². The summed E-state index contributed by atoms with van der Waals surface area (Å²) in [5.41, 5.74) is -1.47. The average Bonchev–Trinajstić information content (AvgIpc) is 2.49. The van der Waals surface area contributed by atoms with Crippen molar-refractivity contribution < 1.29 is 24.9 Å². The van der Waals surface area contributed by atoms with E-state index < -0.39 is 30.0 Å². The Morgan fingerprint density at radius 1 is 1.46 bits per heavy atom. The number of aliphatic carboxylic acids is 2. The lowest BCUT2D eigenvalue weighted by atomic mass is 9.94. The molecule has 1 saturated heterocycles. The number of nitrogens with one attached hydrogen (secondary N) is 1. The van der Waals surface area contributed by atoms with Gasteiger partial charge >= 0.3 is 11.9 Å². The average molecular weight is 189 g/mol. The van der Waals surface area contributed by atoms with Crippen LogP contribution in [0.2, 0.25) is 0 Å². The SMILES string of the molecule is O=C(O)C1CNC(CO)(C(=O)O)C1. The Bertz CT molecular complexity index is 241. The molecule has 0 aromatic rings. The molecule has 0 bridgehead atoms. The fraction of sp³-hybridized carbons (Fsp3) is 0.714. The van der Waals surface area contributed by atoms with Crippen LogP contribution in [0, 0.1) is 5.92 Å². The Morgan fingerprint density at radius 2 is 2.08 bits per heavy atom. The van der Waals surface area contributed by atoms with Gasteiger partial charge in [0.15, 0.2) is 0 Å². The lowest BCUT2D eigenvalue weighted by molar-refractivity contribution is -0.146. The first-order valence-electron chi connectivity index (χ1n) is 3.84. The second-order valence-corrected chi connectivity index (χ2v) is 3.17. The molecule has 1 heterocycles. The lowest BCUT2D eigenvalue weighted by Gasteiger charge is -2.20. The second kappa shape index (κ2) is 3.31. The Kier molecular flexibility index (Phi) is 2.53. The van der Waals surface area contributed by atoms with Crippen molar-refractivity contribution in [1.29, 1.82) is 0 Å². The number of carbonyl (C=O) groups is 2. The van der Waals surface area contributed by atoms with E-state index in [2.05, 4.69) is 5.32 Å². The third-order valence-electron chi connectivity index (χ3n) is 2.31. The van der Waals surface area contributed by atoms with Crippen LogP contribution in [0.15, 0.2) is 0 Å². The Hall–Kier alpha value is -1.14. The highest BCUT2D eigenvalue weighted by Crippen LogP contribution is 2.24. The summed E-state index contributed by atoms with van der Waals surface area (Å²) in [6.07, 6.45) is -0.0752. The van der Waals surface area contributed by atoms with Crippen molar-refractivity contribution in [2.45, 2.75) is 12.0 Å². The summed E-state index contributed by atoms with van der Waals surface area (Å²) in [7, 11) is 0. The molecule has 74 valence electrons. The van der Waals surface area contributed by atoms with E-state index >= 15 is 0 Å². The molecule has 6 nitrogen and oxygen atoms in total. The fourth-order valence-electron chi connectivity index (χ4n) is 1.41. The number of aliphatic hydroxyl groups excluding tert-OH is 1. The van der Waals surface area contributed by atoms with Gasteiger partial charge in [0.2, 0.25) is 0 Å². The van der Waals surface area contributed by atoms with Gasteiger partial charge in [-0.15, -0.1) is 0 Å². The smallest absolute Gasteiger partial charge is 0.326 e. The molecule has 0 amide bonds. The van der Waals surface area contributed by atoms with Crippen LogP contribution in [-0.4, -0.2) is 45.9 Å².